The second kappa shape index (κ2) is 5.76. The SMILES string of the molecule is O=C(O)C1Cc2ccccc2CN1C(=O)N1CCCCC1. The van der Waals surface area contributed by atoms with Crippen molar-refractivity contribution in [2.45, 2.75) is 38.3 Å². The van der Waals surface area contributed by atoms with Gasteiger partial charge in [-0.05, 0) is 30.4 Å². The monoisotopic (exact) mass is 288 g/mol. The summed E-state index contributed by atoms with van der Waals surface area (Å²) in [4.78, 5) is 27.5. The molecule has 0 aromatic heterocycles. The van der Waals surface area contributed by atoms with Gasteiger partial charge in [-0.3, -0.25) is 0 Å². The molecule has 112 valence electrons. The number of hydrogen-bond acceptors (Lipinski definition) is 2. The van der Waals surface area contributed by atoms with E-state index < -0.39 is 12.0 Å². The maximum atomic E-state index is 12.7. The summed E-state index contributed by atoms with van der Waals surface area (Å²) in [5.41, 5.74) is 2.09. The lowest BCUT2D eigenvalue weighted by atomic mass is 9.94. The third-order valence-corrected chi connectivity index (χ3v) is 4.41. The molecule has 0 radical (unpaired) electrons. The second-order valence-corrected chi connectivity index (χ2v) is 5.79. The maximum Gasteiger partial charge on any atom is 0.326 e. The average molecular weight is 288 g/mol. The zero-order valence-corrected chi connectivity index (χ0v) is 12.0. The lowest BCUT2D eigenvalue weighted by Crippen LogP contribution is -2.54. The molecule has 0 spiro atoms. The van der Waals surface area contributed by atoms with Gasteiger partial charge in [0, 0.05) is 26.1 Å². The van der Waals surface area contributed by atoms with Crippen LogP contribution in [0.15, 0.2) is 24.3 Å². The Morgan fingerprint density at radius 2 is 1.71 bits per heavy atom. The van der Waals surface area contributed by atoms with Gasteiger partial charge in [-0.2, -0.15) is 0 Å². The normalized spacial score (nSPS) is 21.8. The standard InChI is InChI=1S/C16H20N2O3/c19-15(20)14-10-12-6-2-3-7-13(12)11-18(14)16(21)17-8-4-1-5-9-17/h2-3,6-7,14H,1,4-5,8-11H2,(H,19,20). The van der Waals surface area contributed by atoms with E-state index in [0.717, 1.165) is 43.5 Å². The molecule has 1 unspecified atom stereocenters. The highest BCUT2D eigenvalue weighted by molar-refractivity contribution is 5.83. The van der Waals surface area contributed by atoms with Crippen molar-refractivity contribution in [3.8, 4) is 0 Å². The molecule has 1 N–H and O–H groups in total. The summed E-state index contributed by atoms with van der Waals surface area (Å²) < 4.78 is 0. The molecule has 0 aliphatic carbocycles. The van der Waals surface area contributed by atoms with E-state index >= 15 is 0 Å². The first-order chi connectivity index (χ1) is 10.2. The fourth-order valence-corrected chi connectivity index (χ4v) is 3.21. The van der Waals surface area contributed by atoms with Gasteiger partial charge in [-0.25, -0.2) is 9.59 Å². The van der Waals surface area contributed by atoms with E-state index in [1.807, 2.05) is 24.3 Å². The summed E-state index contributed by atoms with van der Waals surface area (Å²) in [5, 5.41) is 9.47. The third kappa shape index (κ3) is 2.73. The fraction of sp³-hybridized carbons (Fsp3) is 0.500. The number of nitrogens with zero attached hydrogens (tertiary/aromatic N) is 2. The Kier molecular flexibility index (Phi) is 3.82. The molecule has 1 aromatic carbocycles. The zero-order valence-electron chi connectivity index (χ0n) is 12.0. The Morgan fingerprint density at radius 1 is 1.05 bits per heavy atom. The molecule has 1 atom stereocenters. The molecule has 1 aromatic rings. The van der Waals surface area contributed by atoms with E-state index in [4.69, 9.17) is 0 Å². The van der Waals surface area contributed by atoms with E-state index in [0.29, 0.717) is 13.0 Å². The van der Waals surface area contributed by atoms with Crippen molar-refractivity contribution < 1.29 is 14.7 Å². The van der Waals surface area contributed by atoms with Crippen LogP contribution in [0.25, 0.3) is 0 Å². The molecule has 2 aliphatic heterocycles. The summed E-state index contributed by atoms with van der Waals surface area (Å²) in [5.74, 6) is -0.921. The molecule has 1 saturated heterocycles. The molecule has 5 heteroatoms. The van der Waals surface area contributed by atoms with Crippen LogP contribution >= 0.6 is 0 Å². The molecular formula is C16H20N2O3. The summed E-state index contributed by atoms with van der Waals surface area (Å²) in [6.07, 6.45) is 3.56. The first kappa shape index (κ1) is 13.9. The minimum Gasteiger partial charge on any atom is -0.480 e. The van der Waals surface area contributed by atoms with Gasteiger partial charge in [0.2, 0.25) is 0 Å². The molecule has 3 rings (SSSR count). The summed E-state index contributed by atoms with van der Waals surface area (Å²) in [6.45, 7) is 1.87. The van der Waals surface area contributed by atoms with E-state index in [1.54, 1.807) is 4.90 Å². The molecule has 2 heterocycles. The first-order valence-corrected chi connectivity index (χ1v) is 7.52. The number of benzene rings is 1. The quantitative estimate of drug-likeness (QED) is 0.861. The van der Waals surface area contributed by atoms with Crippen LogP contribution in [0.4, 0.5) is 4.79 Å². The predicted molar refractivity (Wildman–Crippen MR) is 77.9 cm³/mol. The number of carboxylic acids is 1. The Bertz CT molecular complexity index is 552. The Labute approximate surface area is 124 Å². The largest absolute Gasteiger partial charge is 0.480 e. The lowest BCUT2D eigenvalue weighted by Gasteiger charge is -2.39. The van der Waals surface area contributed by atoms with Crippen LogP contribution < -0.4 is 0 Å². The smallest absolute Gasteiger partial charge is 0.326 e. The van der Waals surface area contributed by atoms with Gasteiger partial charge in [-0.1, -0.05) is 24.3 Å². The topological polar surface area (TPSA) is 60.9 Å². The highest BCUT2D eigenvalue weighted by atomic mass is 16.4. The predicted octanol–water partition coefficient (Wildman–Crippen LogP) is 2.10. The number of rotatable bonds is 1. The number of carboxylic acid groups (broad SMARTS) is 1. The molecule has 2 amide bonds. The zero-order chi connectivity index (χ0) is 14.8. The van der Waals surface area contributed by atoms with Gasteiger partial charge >= 0.3 is 12.0 Å². The third-order valence-electron chi connectivity index (χ3n) is 4.41. The van der Waals surface area contributed by atoms with Crippen molar-refractivity contribution in [2.75, 3.05) is 13.1 Å². The summed E-state index contributed by atoms with van der Waals surface area (Å²) in [7, 11) is 0. The number of likely N-dealkylation sites (tertiary alicyclic amines) is 1. The summed E-state index contributed by atoms with van der Waals surface area (Å²) in [6, 6.07) is 6.90. The molecule has 0 saturated carbocycles. The number of piperidine rings is 1. The van der Waals surface area contributed by atoms with Gasteiger partial charge < -0.3 is 14.9 Å². The van der Waals surface area contributed by atoms with E-state index in [2.05, 4.69) is 0 Å². The molecule has 1 fully saturated rings. The van der Waals surface area contributed by atoms with Crippen molar-refractivity contribution in [1.29, 1.82) is 0 Å². The van der Waals surface area contributed by atoms with Crippen LogP contribution in [0.3, 0.4) is 0 Å². The lowest BCUT2D eigenvalue weighted by molar-refractivity contribution is -0.142. The van der Waals surface area contributed by atoms with E-state index in [1.165, 1.54) is 4.90 Å². The van der Waals surface area contributed by atoms with E-state index in [-0.39, 0.29) is 6.03 Å². The first-order valence-electron chi connectivity index (χ1n) is 7.52. The van der Waals surface area contributed by atoms with E-state index in [9.17, 15) is 14.7 Å². The number of urea groups is 1. The highest BCUT2D eigenvalue weighted by Crippen LogP contribution is 2.25. The van der Waals surface area contributed by atoms with Crippen molar-refractivity contribution in [3.05, 3.63) is 35.4 Å². The Hall–Kier alpha value is -2.04. The fourth-order valence-electron chi connectivity index (χ4n) is 3.21. The summed E-state index contributed by atoms with van der Waals surface area (Å²) >= 11 is 0. The van der Waals surface area contributed by atoms with Crippen molar-refractivity contribution in [1.82, 2.24) is 9.80 Å². The molecule has 5 nitrogen and oxygen atoms in total. The number of aliphatic carboxylic acids is 1. The van der Waals surface area contributed by atoms with Crippen LogP contribution in [0, 0.1) is 0 Å². The molecule has 21 heavy (non-hydrogen) atoms. The van der Waals surface area contributed by atoms with Crippen LogP contribution in [0.5, 0.6) is 0 Å². The molecule has 2 aliphatic rings. The van der Waals surface area contributed by atoms with Crippen molar-refractivity contribution in [3.63, 3.8) is 0 Å². The van der Waals surface area contributed by atoms with Crippen LogP contribution in [-0.2, 0) is 17.8 Å². The van der Waals surface area contributed by atoms with Crippen molar-refractivity contribution in [2.24, 2.45) is 0 Å². The van der Waals surface area contributed by atoms with Crippen LogP contribution in [0.2, 0.25) is 0 Å². The molecular weight excluding hydrogens is 268 g/mol. The number of carbonyl (C=O) groups is 2. The van der Waals surface area contributed by atoms with Gasteiger partial charge in [-0.15, -0.1) is 0 Å². The maximum absolute atomic E-state index is 12.7. The number of hydrogen-bond donors (Lipinski definition) is 1. The number of amides is 2. The van der Waals surface area contributed by atoms with Crippen LogP contribution in [-0.4, -0.2) is 46.0 Å². The average Bonchev–Trinajstić information content (AvgIpc) is 2.53. The van der Waals surface area contributed by atoms with Gasteiger partial charge in [0.1, 0.15) is 6.04 Å². The second-order valence-electron chi connectivity index (χ2n) is 5.79. The van der Waals surface area contributed by atoms with Gasteiger partial charge in [0.05, 0.1) is 0 Å². The highest BCUT2D eigenvalue weighted by Gasteiger charge is 2.36. The molecule has 0 bridgehead atoms. The minimum atomic E-state index is -0.921. The minimum absolute atomic E-state index is 0.128. The van der Waals surface area contributed by atoms with Crippen molar-refractivity contribution >= 4 is 12.0 Å². The number of carbonyl (C=O) groups excluding carboxylic acids is 1. The van der Waals surface area contributed by atoms with Crippen LogP contribution in [0.1, 0.15) is 30.4 Å². The van der Waals surface area contributed by atoms with Gasteiger partial charge in [0.15, 0.2) is 0 Å². The van der Waals surface area contributed by atoms with Gasteiger partial charge in [0.25, 0.3) is 0 Å². The Morgan fingerprint density at radius 3 is 2.38 bits per heavy atom. The Balaban J connectivity index is 1.85. The number of fused-ring (bicyclic) bond motifs is 1.